The number of hydrogen-bond acceptors (Lipinski definition) is 6. The van der Waals surface area contributed by atoms with E-state index in [-0.39, 0.29) is 23.8 Å². The van der Waals surface area contributed by atoms with Gasteiger partial charge in [-0.1, -0.05) is 26.0 Å². The van der Waals surface area contributed by atoms with Gasteiger partial charge in [-0.2, -0.15) is 0 Å². The molecule has 1 saturated heterocycles. The number of amides is 1. The van der Waals surface area contributed by atoms with E-state index >= 15 is 0 Å². The van der Waals surface area contributed by atoms with E-state index < -0.39 is 17.7 Å². The summed E-state index contributed by atoms with van der Waals surface area (Å²) >= 11 is 0. The lowest BCUT2D eigenvalue weighted by Gasteiger charge is -2.26. The largest absolute Gasteiger partial charge is 0.507 e. The maximum Gasteiger partial charge on any atom is 0.295 e. The number of methoxy groups -OCH3 is 2. The molecule has 36 heavy (non-hydrogen) atoms. The minimum Gasteiger partial charge on any atom is -0.507 e. The van der Waals surface area contributed by atoms with Gasteiger partial charge in [0, 0.05) is 24.5 Å². The van der Waals surface area contributed by atoms with Crippen molar-refractivity contribution in [3.63, 3.8) is 0 Å². The van der Waals surface area contributed by atoms with Crippen molar-refractivity contribution in [3.05, 3.63) is 94.3 Å². The van der Waals surface area contributed by atoms with Crippen molar-refractivity contribution in [2.45, 2.75) is 39.3 Å². The first kappa shape index (κ1) is 25.0. The van der Waals surface area contributed by atoms with E-state index in [9.17, 15) is 14.7 Å². The molecule has 1 N–H and O–H groups in total. The van der Waals surface area contributed by atoms with Gasteiger partial charge in [0.1, 0.15) is 17.3 Å². The molecule has 1 atom stereocenters. The molecule has 0 saturated carbocycles. The van der Waals surface area contributed by atoms with Crippen LogP contribution in [0.1, 0.15) is 53.6 Å². The second kappa shape index (κ2) is 10.2. The Morgan fingerprint density at radius 3 is 2.42 bits per heavy atom. The van der Waals surface area contributed by atoms with Gasteiger partial charge in [0.15, 0.2) is 0 Å². The van der Waals surface area contributed by atoms with Gasteiger partial charge in [-0.3, -0.25) is 14.6 Å². The first-order valence-corrected chi connectivity index (χ1v) is 11.8. The zero-order valence-corrected chi connectivity index (χ0v) is 21.1. The second-order valence-electron chi connectivity index (χ2n) is 9.12. The number of aliphatic hydroxyl groups is 1. The monoisotopic (exact) mass is 486 g/mol. The Morgan fingerprint density at radius 1 is 1.06 bits per heavy atom. The van der Waals surface area contributed by atoms with Crippen molar-refractivity contribution in [3.8, 4) is 11.5 Å². The van der Waals surface area contributed by atoms with Gasteiger partial charge in [-0.25, -0.2) is 0 Å². The molecule has 0 spiro atoms. The molecule has 2 heterocycles. The number of pyridine rings is 1. The van der Waals surface area contributed by atoms with Crippen LogP contribution >= 0.6 is 0 Å². The van der Waals surface area contributed by atoms with Crippen LogP contribution in [0.2, 0.25) is 0 Å². The highest BCUT2D eigenvalue weighted by molar-refractivity contribution is 6.46. The van der Waals surface area contributed by atoms with E-state index in [2.05, 4.69) is 4.98 Å². The summed E-state index contributed by atoms with van der Waals surface area (Å²) in [5, 5.41) is 11.6. The number of rotatable bonds is 7. The summed E-state index contributed by atoms with van der Waals surface area (Å²) in [5.41, 5.74) is 3.66. The number of aromatic nitrogens is 1. The predicted molar refractivity (Wildman–Crippen MR) is 137 cm³/mol. The minimum atomic E-state index is -0.794. The summed E-state index contributed by atoms with van der Waals surface area (Å²) in [7, 11) is 3.16. The number of Topliss-reactive ketones (excluding diaryl/α,β-unsaturated/α-hetero) is 1. The van der Waals surface area contributed by atoms with Gasteiger partial charge in [-0.15, -0.1) is 0 Å². The summed E-state index contributed by atoms with van der Waals surface area (Å²) in [4.78, 5) is 32.3. The molecule has 3 aromatic rings. The van der Waals surface area contributed by atoms with Gasteiger partial charge in [0.25, 0.3) is 11.7 Å². The Kier molecular flexibility index (Phi) is 7.10. The molecule has 7 heteroatoms. The molecule has 0 aliphatic carbocycles. The Hall–Kier alpha value is -4.13. The average Bonchev–Trinajstić information content (AvgIpc) is 3.13. The van der Waals surface area contributed by atoms with Gasteiger partial charge >= 0.3 is 0 Å². The molecule has 0 bridgehead atoms. The highest BCUT2D eigenvalue weighted by Gasteiger charge is 2.46. The number of aliphatic hydroxyl groups excluding tert-OH is 1. The van der Waals surface area contributed by atoms with E-state index in [4.69, 9.17) is 9.47 Å². The van der Waals surface area contributed by atoms with Crippen LogP contribution in [0, 0.1) is 6.92 Å². The van der Waals surface area contributed by atoms with E-state index in [1.807, 2.05) is 39.0 Å². The van der Waals surface area contributed by atoms with Gasteiger partial charge < -0.3 is 19.5 Å². The summed E-state index contributed by atoms with van der Waals surface area (Å²) < 4.78 is 10.9. The van der Waals surface area contributed by atoms with Crippen LogP contribution in [0.15, 0.2) is 66.5 Å². The van der Waals surface area contributed by atoms with Crippen molar-refractivity contribution in [1.29, 1.82) is 0 Å². The number of likely N-dealkylation sites (tertiary alicyclic amines) is 1. The number of carbonyl (C=O) groups excluding carboxylic acids is 2. The standard InChI is InChI=1S/C29H30N2O5/c1-17(2)22-15-23(18(3)13-24(22)36-5)27(32)25-26(20-7-6-8-21(14-20)35-4)31(29(34)28(25)33)16-19-9-11-30-12-10-19/h6-15,17,26,32H,16H2,1-5H3/b27-25+. The lowest BCUT2D eigenvalue weighted by molar-refractivity contribution is -0.140. The van der Waals surface area contributed by atoms with E-state index in [0.717, 1.165) is 16.7 Å². The van der Waals surface area contributed by atoms with Crippen LogP contribution in [-0.2, 0) is 16.1 Å². The van der Waals surface area contributed by atoms with E-state index in [1.54, 1.807) is 56.9 Å². The third kappa shape index (κ3) is 4.56. The lowest BCUT2D eigenvalue weighted by atomic mass is 9.91. The third-order valence-corrected chi connectivity index (χ3v) is 6.51. The molecule has 1 amide bonds. The number of nitrogens with zero attached hydrogens (tertiary/aromatic N) is 2. The van der Waals surface area contributed by atoms with Crippen molar-refractivity contribution in [1.82, 2.24) is 9.88 Å². The summed E-state index contributed by atoms with van der Waals surface area (Å²) in [6, 6.07) is 13.7. The zero-order valence-electron chi connectivity index (χ0n) is 21.1. The Morgan fingerprint density at radius 2 is 1.78 bits per heavy atom. The fraction of sp³-hybridized carbons (Fsp3) is 0.276. The number of ether oxygens (including phenoxy) is 2. The lowest BCUT2D eigenvalue weighted by Crippen LogP contribution is -2.29. The van der Waals surface area contributed by atoms with Crippen LogP contribution in [-0.4, -0.2) is 40.9 Å². The smallest absolute Gasteiger partial charge is 0.295 e. The predicted octanol–water partition coefficient (Wildman–Crippen LogP) is 5.15. The molecule has 1 aliphatic heterocycles. The molecule has 7 nitrogen and oxygen atoms in total. The summed E-state index contributed by atoms with van der Waals surface area (Å²) in [6.07, 6.45) is 3.28. The number of hydrogen-bond donors (Lipinski definition) is 1. The second-order valence-corrected chi connectivity index (χ2v) is 9.12. The highest BCUT2D eigenvalue weighted by Crippen LogP contribution is 2.42. The van der Waals surface area contributed by atoms with E-state index in [1.165, 1.54) is 4.90 Å². The van der Waals surface area contributed by atoms with E-state index in [0.29, 0.717) is 22.6 Å². The van der Waals surface area contributed by atoms with Crippen LogP contribution in [0.25, 0.3) is 5.76 Å². The summed E-state index contributed by atoms with van der Waals surface area (Å²) in [6.45, 7) is 6.08. The molecule has 0 radical (unpaired) electrons. The molecule has 1 aromatic heterocycles. The number of aryl methyl sites for hydroxylation is 1. The quantitative estimate of drug-likeness (QED) is 0.282. The maximum atomic E-state index is 13.4. The molecule has 186 valence electrons. The fourth-order valence-electron chi connectivity index (χ4n) is 4.61. The SMILES string of the molecule is COc1cccc(C2/C(=C(\O)c3cc(C(C)C)c(OC)cc3C)C(=O)C(=O)N2Cc2ccncc2)c1. The Bertz CT molecular complexity index is 1330. The Labute approximate surface area is 211 Å². The molecule has 2 aromatic carbocycles. The molecular weight excluding hydrogens is 456 g/mol. The number of benzene rings is 2. The zero-order chi connectivity index (χ0) is 26.0. The molecular formula is C29H30N2O5. The fourth-order valence-corrected chi connectivity index (χ4v) is 4.61. The van der Waals surface area contributed by atoms with Gasteiger partial charge in [0.2, 0.25) is 0 Å². The van der Waals surface area contributed by atoms with Gasteiger partial charge in [0.05, 0.1) is 25.8 Å². The molecule has 1 fully saturated rings. The van der Waals surface area contributed by atoms with Crippen molar-refractivity contribution in [2.24, 2.45) is 0 Å². The maximum absolute atomic E-state index is 13.4. The van der Waals surface area contributed by atoms with Crippen molar-refractivity contribution >= 4 is 17.4 Å². The topological polar surface area (TPSA) is 89.0 Å². The van der Waals surface area contributed by atoms with Gasteiger partial charge in [-0.05, 0) is 71.5 Å². The Balaban J connectivity index is 1.93. The molecule has 1 aliphatic rings. The number of ketones is 1. The molecule has 4 rings (SSSR count). The highest BCUT2D eigenvalue weighted by atomic mass is 16.5. The normalized spacial score (nSPS) is 17.1. The van der Waals surface area contributed by atoms with Crippen molar-refractivity contribution in [2.75, 3.05) is 14.2 Å². The number of carbonyl (C=O) groups is 2. The first-order chi connectivity index (χ1) is 17.3. The van der Waals surface area contributed by atoms with Crippen LogP contribution in [0.4, 0.5) is 0 Å². The third-order valence-electron chi connectivity index (χ3n) is 6.51. The van der Waals surface area contributed by atoms with Crippen LogP contribution in [0.3, 0.4) is 0 Å². The average molecular weight is 487 g/mol. The van der Waals surface area contributed by atoms with Crippen LogP contribution < -0.4 is 9.47 Å². The first-order valence-electron chi connectivity index (χ1n) is 11.8. The molecule has 1 unspecified atom stereocenters. The minimum absolute atomic E-state index is 0.0466. The summed E-state index contributed by atoms with van der Waals surface area (Å²) in [5.74, 6) is -0.186. The van der Waals surface area contributed by atoms with Crippen molar-refractivity contribution < 1.29 is 24.2 Å². The van der Waals surface area contributed by atoms with Crippen LogP contribution in [0.5, 0.6) is 11.5 Å².